The van der Waals surface area contributed by atoms with Gasteiger partial charge in [-0.1, -0.05) is 193 Å². The first kappa shape index (κ1) is 46.8. The molecule has 0 aliphatic carbocycles. The van der Waals surface area contributed by atoms with Crippen molar-refractivity contribution in [3.05, 3.63) is 24.3 Å². The van der Waals surface area contributed by atoms with E-state index in [4.69, 9.17) is 4.74 Å². The van der Waals surface area contributed by atoms with Crippen LogP contribution in [0.3, 0.4) is 0 Å². The van der Waals surface area contributed by atoms with Crippen molar-refractivity contribution in [3.63, 3.8) is 0 Å². The second-order valence-corrected chi connectivity index (χ2v) is 14.5. The largest absolute Gasteiger partial charge is 0.426 e. The summed E-state index contributed by atoms with van der Waals surface area (Å²) in [7, 11) is 0. The van der Waals surface area contributed by atoms with E-state index in [0.29, 0.717) is 6.42 Å². The van der Waals surface area contributed by atoms with Gasteiger partial charge in [0.15, 0.2) is 0 Å². The molecule has 0 aliphatic heterocycles. The van der Waals surface area contributed by atoms with E-state index in [1.54, 1.807) is 6.08 Å². The molecule has 0 aliphatic rings. The number of hydrogen-bond donors (Lipinski definition) is 3. The standard InChI is InChI=1S/C43H82O5/c1-3-5-7-9-11-13-15-17-19-21-23-25-27-29-31-33-35-37-39-43(47,41(45)40-44)48-42(46)38-36-34-32-30-28-26-24-22-20-18-16-14-12-10-8-6-4-2/h22,24,37,39,41,44-45,47H,3-21,23,25-36,38,40H2,1-2H3. The van der Waals surface area contributed by atoms with Gasteiger partial charge in [0.1, 0.15) is 6.10 Å². The number of unbranched alkanes of at least 4 members (excludes halogenated alkanes) is 29. The second-order valence-electron chi connectivity index (χ2n) is 14.5. The van der Waals surface area contributed by atoms with Gasteiger partial charge in [0.05, 0.1) is 6.61 Å². The van der Waals surface area contributed by atoms with Gasteiger partial charge >= 0.3 is 5.97 Å². The Hall–Kier alpha value is -1.17. The van der Waals surface area contributed by atoms with E-state index in [-0.39, 0.29) is 6.42 Å². The molecule has 0 spiro atoms. The first-order valence-electron chi connectivity index (χ1n) is 21.1. The summed E-state index contributed by atoms with van der Waals surface area (Å²) >= 11 is 0. The van der Waals surface area contributed by atoms with E-state index in [1.807, 2.05) is 0 Å². The van der Waals surface area contributed by atoms with Gasteiger partial charge in [0.25, 0.3) is 5.79 Å². The Balaban J connectivity index is 3.82. The van der Waals surface area contributed by atoms with Crippen LogP contribution in [0.5, 0.6) is 0 Å². The highest BCUT2D eigenvalue weighted by Crippen LogP contribution is 2.19. The third-order valence-corrected chi connectivity index (χ3v) is 9.65. The Morgan fingerprint density at radius 3 is 1.19 bits per heavy atom. The van der Waals surface area contributed by atoms with Crippen LogP contribution in [0.15, 0.2) is 24.3 Å². The van der Waals surface area contributed by atoms with Gasteiger partial charge in [0.2, 0.25) is 0 Å². The van der Waals surface area contributed by atoms with Gasteiger partial charge in [-0.25, -0.2) is 0 Å². The molecule has 0 aromatic rings. The number of rotatable bonds is 38. The minimum Gasteiger partial charge on any atom is -0.426 e. The van der Waals surface area contributed by atoms with Crippen molar-refractivity contribution in [2.45, 2.75) is 238 Å². The van der Waals surface area contributed by atoms with Crippen LogP contribution in [0.25, 0.3) is 0 Å². The molecule has 0 aromatic heterocycles. The number of esters is 1. The minimum atomic E-state index is -2.18. The molecule has 0 saturated heterocycles. The van der Waals surface area contributed by atoms with Gasteiger partial charge in [0, 0.05) is 6.42 Å². The molecule has 5 heteroatoms. The maximum Gasteiger partial charge on any atom is 0.308 e. The predicted molar refractivity (Wildman–Crippen MR) is 206 cm³/mol. The Kier molecular flexibility index (Phi) is 36.2. The second kappa shape index (κ2) is 37.1. The predicted octanol–water partition coefficient (Wildman–Crippen LogP) is 12.6. The van der Waals surface area contributed by atoms with Crippen LogP contribution in [0, 0.1) is 0 Å². The Morgan fingerprint density at radius 1 is 0.521 bits per heavy atom. The number of allylic oxidation sites excluding steroid dienone is 3. The van der Waals surface area contributed by atoms with Crippen molar-refractivity contribution in [2.24, 2.45) is 0 Å². The molecule has 2 unspecified atom stereocenters. The first-order chi connectivity index (χ1) is 23.5. The summed E-state index contributed by atoms with van der Waals surface area (Å²) in [6, 6.07) is 0. The maximum atomic E-state index is 12.4. The molecule has 0 radical (unpaired) electrons. The van der Waals surface area contributed by atoms with Crippen molar-refractivity contribution in [1.29, 1.82) is 0 Å². The zero-order valence-electron chi connectivity index (χ0n) is 32.1. The molecule has 0 saturated carbocycles. The lowest BCUT2D eigenvalue weighted by molar-refractivity contribution is -0.228. The van der Waals surface area contributed by atoms with E-state index < -0.39 is 24.5 Å². The number of carbonyl (C=O) groups excluding carboxylic acids is 1. The average molecular weight is 679 g/mol. The molecule has 0 bridgehead atoms. The van der Waals surface area contributed by atoms with Crippen LogP contribution in [-0.2, 0) is 9.53 Å². The van der Waals surface area contributed by atoms with E-state index >= 15 is 0 Å². The van der Waals surface area contributed by atoms with E-state index in [1.165, 1.54) is 160 Å². The number of carbonyl (C=O) groups is 1. The normalized spacial score (nSPS) is 13.9. The van der Waals surface area contributed by atoms with Gasteiger partial charge in [-0.3, -0.25) is 4.79 Å². The summed E-state index contributed by atoms with van der Waals surface area (Å²) in [4.78, 5) is 12.4. The summed E-state index contributed by atoms with van der Waals surface area (Å²) in [6.45, 7) is 3.86. The molecule has 3 N–H and O–H groups in total. The molecule has 2 atom stereocenters. The van der Waals surface area contributed by atoms with Crippen molar-refractivity contribution in [1.82, 2.24) is 0 Å². The summed E-state index contributed by atoms with van der Waals surface area (Å²) in [6.07, 6.45) is 46.6. The van der Waals surface area contributed by atoms with Crippen LogP contribution in [0.2, 0.25) is 0 Å². The minimum absolute atomic E-state index is 0.200. The monoisotopic (exact) mass is 679 g/mol. The summed E-state index contributed by atoms with van der Waals surface area (Å²) in [5, 5.41) is 30.4. The Morgan fingerprint density at radius 2 is 0.833 bits per heavy atom. The van der Waals surface area contributed by atoms with Crippen LogP contribution in [0.4, 0.5) is 0 Å². The molecule has 48 heavy (non-hydrogen) atoms. The Bertz CT molecular complexity index is 720. The van der Waals surface area contributed by atoms with Gasteiger partial charge in [-0.2, -0.15) is 0 Å². The fraction of sp³-hybridized carbons (Fsp3) is 0.884. The van der Waals surface area contributed by atoms with Crippen LogP contribution in [-0.4, -0.2) is 39.8 Å². The average Bonchev–Trinajstić information content (AvgIpc) is 3.08. The van der Waals surface area contributed by atoms with Crippen molar-refractivity contribution in [3.8, 4) is 0 Å². The van der Waals surface area contributed by atoms with Crippen molar-refractivity contribution >= 4 is 5.97 Å². The molecular weight excluding hydrogens is 596 g/mol. The zero-order chi connectivity index (χ0) is 35.2. The topological polar surface area (TPSA) is 87.0 Å². The number of aliphatic hydroxyl groups excluding tert-OH is 2. The van der Waals surface area contributed by atoms with Crippen LogP contribution in [0.1, 0.15) is 226 Å². The highest BCUT2D eigenvalue weighted by Gasteiger charge is 2.36. The van der Waals surface area contributed by atoms with Gasteiger partial charge in [-0.05, 0) is 51.0 Å². The summed E-state index contributed by atoms with van der Waals surface area (Å²) in [5.41, 5.74) is 0. The molecule has 5 nitrogen and oxygen atoms in total. The SMILES string of the molecule is CCCCCCCCCCC=CCCCCCCCC(=O)OC(O)(C=CCCCCCCCCCCCCCCCCCC)C(O)CO. The van der Waals surface area contributed by atoms with E-state index in [2.05, 4.69) is 26.0 Å². The molecule has 284 valence electrons. The molecule has 0 rings (SSSR count). The molecule has 0 amide bonds. The number of aliphatic hydroxyl groups is 3. The van der Waals surface area contributed by atoms with E-state index in [0.717, 1.165) is 44.9 Å². The van der Waals surface area contributed by atoms with Crippen molar-refractivity contribution in [2.75, 3.05) is 6.61 Å². The lowest BCUT2D eigenvalue weighted by Gasteiger charge is -2.28. The quantitative estimate of drug-likeness (QED) is 0.0262. The van der Waals surface area contributed by atoms with Crippen molar-refractivity contribution < 1.29 is 24.9 Å². The molecule has 0 fully saturated rings. The zero-order valence-corrected chi connectivity index (χ0v) is 32.1. The lowest BCUT2D eigenvalue weighted by Crippen LogP contribution is -2.46. The number of ether oxygens (including phenoxy) is 1. The Labute approximate surface area is 298 Å². The maximum absolute atomic E-state index is 12.4. The third kappa shape index (κ3) is 32.1. The fourth-order valence-electron chi connectivity index (χ4n) is 6.33. The fourth-order valence-corrected chi connectivity index (χ4v) is 6.33. The highest BCUT2D eigenvalue weighted by molar-refractivity contribution is 5.70. The highest BCUT2D eigenvalue weighted by atomic mass is 16.7. The van der Waals surface area contributed by atoms with E-state index in [9.17, 15) is 20.1 Å². The lowest BCUT2D eigenvalue weighted by atomic mass is 10.0. The van der Waals surface area contributed by atoms with Gasteiger partial charge in [-0.15, -0.1) is 0 Å². The smallest absolute Gasteiger partial charge is 0.308 e. The molecule has 0 heterocycles. The van der Waals surface area contributed by atoms with Crippen LogP contribution >= 0.6 is 0 Å². The third-order valence-electron chi connectivity index (χ3n) is 9.65. The van der Waals surface area contributed by atoms with Gasteiger partial charge < -0.3 is 20.1 Å². The van der Waals surface area contributed by atoms with Crippen LogP contribution < -0.4 is 0 Å². The summed E-state index contributed by atoms with van der Waals surface area (Å²) in [5.74, 6) is -2.72. The molecular formula is C43H82O5. The first-order valence-corrected chi connectivity index (χ1v) is 21.1. The number of hydrogen-bond acceptors (Lipinski definition) is 5. The summed E-state index contributed by atoms with van der Waals surface area (Å²) < 4.78 is 5.26. The molecule has 0 aromatic carbocycles.